The highest BCUT2D eigenvalue weighted by molar-refractivity contribution is 5.87. The van der Waals surface area contributed by atoms with Gasteiger partial charge in [-0.1, -0.05) is 19.4 Å². The first-order valence-corrected chi connectivity index (χ1v) is 6.19. The first-order chi connectivity index (χ1) is 7.59. The molecule has 0 aromatic carbocycles. The van der Waals surface area contributed by atoms with Gasteiger partial charge in [0.2, 0.25) is 5.91 Å². The molecule has 1 atom stereocenters. The molecule has 0 aliphatic carbocycles. The normalized spacial score (nSPS) is 22.8. The van der Waals surface area contributed by atoms with Gasteiger partial charge in [-0.3, -0.25) is 4.79 Å². The van der Waals surface area contributed by atoms with E-state index in [0.29, 0.717) is 5.92 Å². The largest absolute Gasteiger partial charge is 0.339 e. The second-order valence-corrected chi connectivity index (χ2v) is 5.05. The lowest BCUT2D eigenvalue weighted by molar-refractivity contribution is -0.126. The average molecular weight is 224 g/mol. The monoisotopic (exact) mass is 224 g/mol. The molecule has 1 amide bonds. The van der Waals surface area contributed by atoms with Crippen LogP contribution in [-0.2, 0) is 4.79 Å². The predicted molar refractivity (Wildman–Crippen MR) is 67.3 cm³/mol. The summed E-state index contributed by atoms with van der Waals surface area (Å²) in [6, 6.07) is 0. The lowest BCUT2D eigenvalue weighted by atomic mass is 10.1. The molecule has 16 heavy (non-hydrogen) atoms. The molecule has 0 aromatic heterocycles. The molecule has 0 radical (unpaired) electrons. The summed E-state index contributed by atoms with van der Waals surface area (Å²) >= 11 is 0. The van der Waals surface area contributed by atoms with Gasteiger partial charge in [-0.25, -0.2) is 0 Å². The van der Waals surface area contributed by atoms with Crippen molar-refractivity contribution in [2.45, 2.75) is 26.2 Å². The third-order valence-corrected chi connectivity index (χ3v) is 2.95. The first kappa shape index (κ1) is 13.2. The van der Waals surface area contributed by atoms with Crippen LogP contribution < -0.4 is 0 Å². The van der Waals surface area contributed by atoms with Gasteiger partial charge in [0.1, 0.15) is 0 Å². The number of carbonyl (C=O) groups excluding carboxylic acids is 1. The fourth-order valence-electron chi connectivity index (χ4n) is 2.02. The second kappa shape index (κ2) is 6.69. The highest BCUT2D eigenvalue weighted by Gasteiger charge is 2.17. The van der Waals surface area contributed by atoms with E-state index in [0.717, 1.165) is 26.1 Å². The Bertz CT molecular complexity index is 248. The minimum Gasteiger partial charge on any atom is -0.339 e. The van der Waals surface area contributed by atoms with Crippen molar-refractivity contribution >= 4 is 5.91 Å². The molecule has 0 aromatic rings. The Balaban J connectivity index is 2.42. The van der Waals surface area contributed by atoms with Crippen molar-refractivity contribution in [3.05, 3.63) is 12.2 Å². The summed E-state index contributed by atoms with van der Waals surface area (Å²) in [7, 11) is 4.01. The van der Waals surface area contributed by atoms with Crippen LogP contribution in [0.5, 0.6) is 0 Å². The van der Waals surface area contributed by atoms with Crippen LogP contribution in [0, 0.1) is 5.92 Å². The van der Waals surface area contributed by atoms with Crippen molar-refractivity contribution in [1.29, 1.82) is 0 Å². The van der Waals surface area contributed by atoms with Crippen LogP contribution in [0.25, 0.3) is 0 Å². The SMILES string of the molecule is CC1CCCCN(C(=O)/C=C/CN(C)C)C1. The lowest BCUT2D eigenvalue weighted by Gasteiger charge is -2.21. The van der Waals surface area contributed by atoms with E-state index in [1.54, 1.807) is 6.08 Å². The Hall–Kier alpha value is -0.830. The lowest BCUT2D eigenvalue weighted by Crippen LogP contribution is -2.32. The Morgan fingerprint density at radius 3 is 2.88 bits per heavy atom. The fourth-order valence-corrected chi connectivity index (χ4v) is 2.02. The van der Waals surface area contributed by atoms with Crippen LogP contribution in [0.1, 0.15) is 26.2 Å². The van der Waals surface area contributed by atoms with Crippen molar-refractivity contribution in [3.63, 3.8) is 0 Å². The fraction of sp³-hybridized carbons (Fsp3) is 0.769. The molecule has 1 saturated heterocycles. The standard InChI is InChI=1S/C13H24N2O/c1-12-7-4-5-10-15(11-12)13(16)8-6-9-14(2)3/h6,8,12H,4-5,7,9-11H2,1-3H3/b8-6+. The molecule has 1 heterocycles. The zero-order chi connectivity index (χ0) is 12.0. The number of nitrogens with zero attached hydrogens (tertiary/aromatic N) is 2. The van der Waals surface area contributed by atoms with Crippen molar-refractivity contribution in [1.82, 2.24) is 9.80 Å². The van der Waals surface area contributed by atoms with Crippen molar-refractivity contribution in [2.24, 2.45) is 5.92 Å². The molecule has 1 fully saturated rings. The minimum absolute atomic E-state index is 0.176. The highest BCUT2D eigenvalue weighted by Crippen LogP contribution is 2.15. The van der Waals surface area contributed by atoms with Crippen LogP contribution in [-0.4, -0.2) is 49.4 Å². The Morgan fingerprint density at radius 1 is 1.44 bits per heavy atom. The Morgan fingerprint density at radius 2 is 2.19 bits per heavy atom. The van der Waals surface area contributed by atoms with Crippen LogP contribution >= 0.6 is 0 Å². The number of amides is 1. The number of hydrogen-bond acceptors (Lipinski definition) is 2. The number of carbonyl (C=O) groups is 1. The average Bonchev–Trinajstić information content (AvgIpc) is 2.42. The van der Waals surface area contributed by atoms with E-state index in [1.807, 2.05) is 25.1 Å². The van der Waals surface area contributed by atoms with Gasteiger partial charge in [0, 0.05) is 25.7 Å². The molecule has 0 saturated carbocycles. The molecule has 3 nitrogen and oxygen atoms in total. The van der Waals surface area contributed by atoms with Gasteiger partial charge in [0.25, 0.3) is 0 Å². The van der Waals surface area contributed by atoms with Crippen LogP contribution in [0.4, 0.5) is 0 Å². The van der Waals surface area contributed by atoms with Gasteiger partial charge in [-0.2, -0.15) is 0 Å². The maximum absolute atomic E-state index is 11.9. The maximum Gasteiger partial charge on any atom is 0.246 e. The van der Waals surface area contributed by atoms with Gasteiger partial charge in [0.15, 0.2) is 0 Å². The molecular formula is C13H24N2O. The summed E-state index contributed by atoms with van der Waals surface area (Å²) in [6.45, 7) is 4.91. The zero-order valence-electron chi connectivity index (χ0n) is 10.8. The van der Waals surface area contributed by atoms with Gasteiger partial charge >= 0.3 is 0 Å². The summed E-state index contributed by atoms with van der Waals surface area (Å²) in [6.07, 6.45) is 7.32. The summed E-state index contributed by atoms with van der Waals surface area (Å²) < 4.78 is 0. The van der Waals surface area contributed by atoms with E-state index in [4.69, 9.17) is 0 Å². The van der Waals surface area contributed by atoms with E-state index < -0.39 is 0 Å². The number of likely N-dealkylation sites (tertiary alicyclic amines) is 1. The van der Waals surface area contributed by atoms with E-state index >= 15 is 0 Å². The molecular weight excluding hydrogens is 200 g/mol. The molecule has 0 N–H and O–H groups in total. The summed E-state index contributed by atoms with van der Waals surface area (Å²) in [5.74, 6) is 0.823. The first-order valence-electron chi connectivity index (χ1n) is 6.19. The van der Waals surface area contributed by atoms with E-state index in [-0.39, 0.29) is 5.91 Å². The van der Waals surface area contributed by atoms with Crippen molar-refractivity contribution < 1.29 is 4.79 Å². The van der Waals surface area contributed by atoms with Crippen LogP contribution in [0.2, 0.25) is 0 Å². The number of hydrogen-bond donors (Lipinski definition) is 0. The smallest absolute Gasteiger partial charge is 0.246 e. The maximum atomic E-state index is 11.9. The van der Waals surface area contributed by atoms with Gasteiger partial charge < -0.3 is 9.80 Å². The predicted octanol–water partition coefficient (Wildman–Crippen LogP) is 1.75. The summed E-state index contributed by atoms with van der Waals surface area (Å²) in [4.78, 5) is 15.9. The Labute approximate surface area is 99.1 Å². The molecule has 1 aliphatic rings. The van der Waals surface area contributed by atoms with Crippen LogP contribution in [0.15, 0.2) is 12.2 Å². The third kappa shape index (κ3) is 4.79. The zero-order valence-corrected chi connectivity index (χ0v) is 10.8. The summed E-state index contributed by atoms with van der Waals surface area (Å²) in [5.41, 5.74) is 0. The van der Waals surface area contributed by atoms with E-state index in [2.05, 4.69) is 11.8 Å². The Kier molecular flexibility index (Phi) is 5.53. The molecule has 0 bridgehead atoms. The highest BCUT2D eigenvalue weighted by atomic mass is 16.2. The molecule has 1 rings (SSSR count). The topological polar surface area (TPSA) is 23.6 Å². The summed E-state index contributed by atoms with van der Waals surface area (Å²) in [5, 5.41) is 0. The van der Waals surface area contributed by atoms with E-state index in [1.165, 1.54) is 12.8 Å². The molecule has 0 spiro atoms. The van der Waals surface area contributed by atoms with Crippen LogP contribution in [0.3, 0.4) is 0 Å². The minimum atomic E-state index is 0.176. The van der Waals surface area contributed by atoms with Gasteiger partial charge in [-0.05, 0) is 32.9 Å². The molecule has 1 unspecified atom stereocenters. The molecule has 92 valence electrons. The quantitative estimate of drug-likeness (QED) is 0.682. The van der Waals surface area contributed by atoms with Gasteiger partial charge in [0.05, 0.1) is 0 Å². The number of likely N-dealkylation sites (N-methyl/N-ethyl adjacent to an activating group) is 1. The molecule has 3 heteroatoms. The van der Waals surface area contributed by atoms with Gasteiger partial charge in [-0.15, -0.1) is 0 Å². The van der Waals surface area contributed by atoms with Crippen molar-refractivity contribution in [2.75, 3.05) is 33.7 Å². The second-order valence-electron chi connectivity index (χ2n) is 5.05. The van der Waals surface area contributed by atoms with E-state index in [9.17, 15) is 4.79 Å². The number of rotatable bonds is 3. The van der Waals surface area contributed by atoms with Crippen molar-refractivity contribution in [3.8, 4) is 0 Å². The molecule has 1 aliphatic heterocycles. The third-order valence-electron chi connectivity index (χ3n) is 2.95.